The summed E-state index contributed by atoms with van der Waals surface area (Å²) in [4.78, 5) is 12.1. The summed E-state index contributed by atoms with van der Waals surface area (Å²) in [6.07, 6.45) is 0. The molecule has 0 heterocycles. The van der Waals surface area contributed by atoms with Crippen LogP contribution in [-0.2, 0) is 0 Å². The quantitative estimate of drug-likeness (QED) is 0.209. The van der Waals surface area contributed by atoms with Crippen LogP contribution in [0.3, 0.4) is 0 Å². The maximum absolute atomic E-state index is 10.8. The zero-order chi connectivity index (χ0) is 8.85. The average Bonchev–Trinajstić information content (AvgIpc) is 2.02. The number of amidine groups is 1. The number of likely N-dealkylation sites (N-methyl/N-ethyl adjacent to an activating group) is 1. The van der Waals surface area contributed by atoms with E-state index in [1.807, 2.05) is 0 Å². The van der Waals surface area contributed by atoms with Gasteiger partial charge in [0.2, 0.25) is 0 Å². The lowest BCUT2D eigenvalue weighted by Crippen LogP contribution is -2.40. The third-order valence-electron chi connectivity index (χ3n) is 1.09. The van der Waals surface area contributed by atoms with Crippen molar-refractivity contribution in [1.29, 1.82) is 0 Å². The molecule has 6 heteroatoms. The van der Waals surface area contributed by atoms with Crippen molar-refractivity contribution in [2.75, 3.05) is 20.6 Å². The molecule has 4 N–H and O–H groups in total. The molecule has 0 unspecified atom stereocenters. The molecule has 0 aliphatic rings. The Morgan fingerprint density at radius 2 is 2.36 bits per heavy atom. The Labute approximate surface area is 64.7 Å². The highest BCUT2D eigenvalue weighted by Crippen LogP contribution is 1.81. The number of nitrogens with zero attached hydrogens (tertiary/aromatic N) is 2. The summed E-state index contributed by atoms with van der Waals surface area (Å²) in [5.41, 5.74) is 5.14. The molecule has 0 bridgehead atoms. The molecule has 0 aliphatic heterocycles. The largest absolute Gasteiger partial charge is 0.409 e. The molecule has 0 spiro atoms. The van der Waals surface area contributed by atoms with Gasteiger partial charge in [0.05, 0.1) is 6.54 Å². The van der Waals surface area contributed by atoms with Crippen LogP contribution in [0.5, 0.6) is 0 Å². The summed E-state index contributed by atoms with van der Waals surface area (Å²) in [6, 6.07) is -0.281. The van der Waals surface area contributed by atoms with Crippen LogP contribution in [0.15, 0.2) is 5.16 Å². The van der Waals surface area contributed by atoms with Crippen molar-refractivity contribution < 1.29 is 10.0 Å². The molecular weight excluding hydrogens is 148 g/mol. The predicted octanol–water partition coefficient (Wildman–Crippen LogP) is -0.996. The molecule has 11 heavy (non-hydrogen) atoms. The smallest absolute Gasteiger partial charge is 0.317 e. The van der Waals surface area contributed by atoms with E-state index in [9.17, 15) is 4.79 Å². The zero-order valence-corrected chi connectivity index (χ0v) is 6.53. The first-order valence-electron chi connectivity index (χ1n) is 3.01. The maximum Gasteiger partial charge on any atom is 0.317 e. The van der Waals surface area contributed by atoms with Crippen molar-refractivity contribution in [3.63, 3.8) is 0 Å². The molecule has 0 aromatic heterocycles. The molecule has 0 aromatic carbocycles. The van der Waals surface area contributed by atoms with Crippen molar-refractivity contribution in [1.82, 2.24) is 10.2 Å². The number of nitrogens with one attached hydrogen (secondary N) is 1. The SMILES string of the molecule is CNC(=O)N(C)C/C(N)=N/O. The fraction of sp³-hybridized carbons (Fsp3) is 0.600. The highest BCUT2D eigenvalue weighted by Gasteiger charge is 2.06. The Bertz CT molecular complexity index is 168. The standard InChI is InChI=1S/C5H12N4O2/c1-7-5(10)9(2)3-4(6)8-11/h11H,3H2,1-2H3,(H2,6,8)(H,7,10). The minimum atomic E-state index is -0.281. The van der Waals surface area contributed by atoms with E-state index in [1.54, 1.807) is 0 Å². The van der Waals surface area contributed by atoms with Gasteiger partial charge < -0.3 is 21.2 Å². The number of carbonyl (C=O) groups excluding carboxylic acids is 1. The van der Waals surface area contributed by atoms with Crippen LogP contribution in [0, 0.1) is 0 Å². The van der Waals surface area contributed by atoms with Gasteiger partial charge in [-0.3, -0.25) is 0 Å². The van der Waals surface area contributed by atoms with E-state index in [0.717, 1.165) is 0 Å². The number of hydrogen-bond acceptors (Lipinski definition) is 3. The Morgan fingerprint density at radius 1 is 1.82 bits per heavy atom. The number of urea groups is 1. The monoisotopic (exact) mass is 160 g/mol. The second-order valence-corrected chi connectivity index (χ2v) is 2.00. The van der Waals surface area contributed by atoms with Crippen LogP contribution in [0.1, 0.15) is 0 Å². The van der Waals surface area contributed by atoms with Crippen LogP contribution < -0.4 is 11.1 Å². The third kappa shape index (κ3) is 3.29. The molecule has 0 atom stereocenters. The lowest BCUT2D eigenvalue weighted by atomic mass is 10.5. The van der Waals surface area contributed by atoms with Crippen LogP contribution in [0.2, 0.25) is 0 Å². The number of oxime groups is 1. The highest BCUT2D eigenvalue weighted by atomic mass is 16.4. The number of hydrogen-bond donors (Lipinski definition) is 3. The second-order valence-electron chi connectivity index (χ2n) is 2.00. The van der Waals surface area contributed by atoms with Crippen molar-refractivity contribution in [3.05, 3.63) is 0 Å². The van der Waals surface area contributed by atoms with Crippen LogP contribution in [-0.4, -0.2) is 42.6 Å². The summed E-state index contributed by atoms with van der Waals surface area (Å²) in [7, 11) is 3.04. The normalized spacial score (nSPS) is 10.9. The zero-order valence-electron chi connectivity index (χ0n) is 6.53. The van der Waals surface area contributed by atoms with Crippen molar-refractivity contribution in [2.45, 2.75) is 0 Å². The van der Waals surface area contributed by atoms with E-state index in [-0.39, 0.29) is 18.4 Å². The number of rotatable bonds is 2. The summed E-state index contributed by atoms with van der Waals surface area (Å²) in [5.74, 6) is -0.00361. The van der Waals surface area contributed by atoms with Gasteiger partial charge in [-0.2, -0.15) is 0 Å². The molecule has 0 aliphatic carbocycles. The lowest BCUT2D eigenvalue weighted by molar-refractivity contribution is 0.216. The first kappa shape index (κ1) is 9.54. The maximum atomic E-state index is 10.8. The van der Waals surface area contributed by atoms with Crippen molar-refractivity contribution in [2.24, 2.45) is 10.9 Å². The van der Waals surface area contributed by atoms with Crippen molar-refractivity contribution >= 4 is 11.9 Å². The minimum Gasteiger partial charge on any atom is -0.409 e. The molecule has 0 saturated carbocycles. The van der Waals surface area contributed by atoms with Gasteiger partial charge >= 0.3 is 6.03 Å². The first-order valence-corrected chi connectivity index (χ1v) is 3.01. The van der Waals surface area contributed by atoms with Crippen LogP contribution >= 0.6 is 0 Å². The fourth-order valence-electron chi connectivity index (χ4n) is 0.537. The fourth-order valence-corrected chi connectivity index (χ4v) is 0.537. The summed E-state index contributed by atoms with van der Waals surface area (Å²) >= 11 is 0. The highest BCUT2D eigenvalue weighted by molar-refractivity contribution is 5.86. The molecular formula is C5H12N4O2. The molecule has 64 valence electrons. The lowest BCUT2D eigenvalue weighted by Gasteiger charge is -2.14. The van der Waals surface area contributed by atoms with Crippen molar-refractivity contribution in [3.8, 4) is 0 Å². The van der Waals surface area contributed by atoms with Gasteiger partial charge in [-0.1, -0.05) is 5.16 Å². The molecule has 0 saturated heterocycles. The van der Waals surface area contributed by atoms with Gasteiger partial charge in [-0.05, 0) is 0 Å². The van der Waals surface area contributed by atoms with Gasteiger partial charge in [0, 0.05) is 14.1 Å². The third-order valence-corrected chi connectivity index (χ3v) is 1.09. The van der Waals surface area contributed by atoms with Gasteiger partial charge in [0.15, 0.2) is 5.84 Å². The Kier molecular flexibility index (Phi) is 3.79. The topological polar surface area (TPSA) is 91.0 Å². The van der Waals surface area contributed by atoms with E-state index < -0.39 is 0 Å². The number of carbonyl (C=O) groups is 1. The molecule has 0 aromatic rings. The number of amides is 2. The molecule has 0 rings (SSSR count). The van der Waals surface area contributed by atoms with Crippen LogP contribution in [0.25, 0.3) is 0 Å². The van der Waals surface area contributed by atoms with E-state index >= 15 is 0 Å². The second kappa shape index (κ2) is 4.37. The minimum absolute atomic E-state index is 0.00361. The molecule has 6 nitrogen and oxygen atoms in total. The summed E-state index contributed by atoms with van der Waals surface area (Å²) in [5, 5.41) is 13.2. The Morgan fingerprint density at radius 3 is 2.73 bits per heavy atom. The van der Waals surface area contributed by atoms with Gasteiger partial charge in [-0.25, -0.2) is 4.79 Å². The first-order chi connectivity index (χ1) is 5.11. The molecule has 0 fully saturated rings. The van der Waals surface area contributed by atoms with E-state index in [4.69, 9.17) is 10.9 Å². The molecule has 0 radical (unpaired) electrons. The Hall–Kier alpha value is -1.46. The molecule has 2 amide bonds. The van der Waals surface area contributed by atoms with E-state index in [2.05, 4.69) is 10.5 Å². The average molecular weight is 160 g/mol. The van der Waals surface area contributed by atoms with Gasteiger partial charge in [-0.15, -0.1) is 0 Å². The van der Waals surface area contributed by atoms with Gasteiger partial charge in [0.1, 0.15) is 0 Å². The Balaban J connectivity index is 3.87. The predicted molar refractivity (Wildman–Crippen MR) is 40.5 cm³/mol. The van der Waals surface area contributed by atoms with E-state index in [0.29, 0.717) is 0 Å². The summed E-state index contributed by atoms with van der Waals surface area (Å²) < 4.78 is 0. The number of nitrogens with two attached hydrogens (primary N) is 1. The van der Waals surface area contributed by atoms with Gasteiger partial charge in [0.25, 0.3) is 0 Å². The summed E-state index contributed by atoms with van der Waals surface area (Å²) in [6.45, 7) is 0.107. The van der Waals surface area contributed by atoms with Crippen LogP contribution in [0.4, 0.5) is 4.79 Å². The van der Waals surface area contributed by atoms with E-state index in [1.165, 1.54) is 19.0 Å².